The van der Waals surface area contributed by atoms with Crippen LogP contribution in [0.5, 0.6) is 0 Å². The summed E-state index contributed by atoms with van der Waals surface area (Å²) in [5.41, 5.74) is -0.116. The summed E-state index contributed by atoms with van der Waals surface area (Å²) >= 11 is 5.71. The predicted octanol–water partition coefficient (Wildman–Crippen LogP) is 2.87. The van der Waals surface area contributed by atoms with Crippen LogP contribution in [0.1, 0.15) is 24.2 Å². The Morgan fingerprint density at radius 3 is 2.75 bits per heavy atom. The monoisotopic (exact) mass is 295 g/mol. The molecule has 0 aliphatic rings. The Kier molecular flexibility index (Phi) is 5.47. The molecule has 0 spiro atoms. The van der Waals surface area contributed by atoms with E-state index in [-0.39, 0.29) is 34.6 Å². The van der Waals surface area contributed by atoms with Crippen molar-refractivity contribution < 1.29 is 9.72 Å². The van der Waals surface area contributed by atoms with Crippen molar-refractivity contribution in [1.82, 2.24) is 4.90 Å². The SMILES string of the molecule is CCN(CC(C)C#N)C(=O)c1ccc(Cl)c([N+](=O)[O-])c1. The van der Waals surface area contributed by atoms with E-state index in [1.54, 1.807) is 13.8 Å². The van der Waals surface area contributed by atoms with Gasteiger partial charge in [0.2, 0.25) is 0 Å². The molecule has 1 rings (SSSR count). The molecule has 0 fully saturated rings. The molecule has 0 aliphatic heterocycles. The maximum absolute atomic E-state index is 12.3. The molecule has 106 valence electrons. The number of benzene rings is 1. The van der Waals surface area contributed by atoms with Crippen LogP contribution in [0.25, 0.3) is 0 Å². The van der Waals surface area contributed by atoms with Gasteiger partial charge >= 0.3 is 0 Å². The second-order valence-electron chi connectivity index (χ2n) is 4.30. The number of carbonyl (C=O) groups excluding carboxylic acids is 1. The van der Waals surface area contributed by atoms with Crippen molar-refractivity contribution in [2.75, 3.05) is 13.1 Å². The predicted molar refractivity (Wildman–Crippen MR) is 74.5 cm³/mol. The molecule has 6 nitrogen and oxygen atoms in total. The van der Waals surface area contributed by atoms with E-state index in [0.717, 1.165) is 6.07 Å². The van der Waals surface area contributed by atoms with Gasteiger partial charge in [-0.05, 0) is 26.0 Å². The summed E-state index contributed by atoms with van der Waals surface area (Å²) in [6, 6.07) is 5.98. The average Bonchev–Trinajstić information content (AvgIpc) is 2.43. The molecule has 1 aromatic rings. The summed E-state index contributed by atoms with van der Waals surface area (Å²) in [6.07, 6.45) is 0. The number of rotatable bonds is 5. The molecule has 1 atom stereocenters. The van der Waals surface area contributed by atoms with E-state index < -0.39 is 4.92 Å². The van der Waals surface area contributed by atoms with Crippen LogP contribution in [0.15, 0.2) is 18.2 Å². The number of hydrogen-bond donors (Lipinski definition) is 0. The maximum atomic E-state index is 12.3. The highest BCUT2D eigenvalue weighted by Crippen LogP contribution is 2.25. The van der Waals surface area contributed by atoms with E-state index in [0.29, 0.717) is 6.54 Å². The van der Waals surface area contributed by atoms with E-state index in [9.17, 15) is 14.9 Å². The van der Waals surface area contributed by atoms with Crippen molar-refractivity contribution in [3.63, 3.8) is 0 Å². The molecule has 1 unspecified atom stereocenters. The normalized spacial score (nSPS) is 11.5. The van der Waals surface area contributed by atoms with Crippen LogP contribution in [-0.2, 0) is 0 Å². The highest BCUT2D eigenvalue weighted by atomic mass is 35.5. The molecule has 20 heavy (non-hydrogen) atoms. The second-order valence-corrected chi connectivity index (χ2v) is 4.70. The third-order valence-corrected chi connectivity index (χ3v) is 3.09. The van der Waals surface area contributed by atoms with Gasteiger partial charge in [-0.2, -0.15) is 5.26 Å². The van der Waals surface area contributed by atoms with Crippen molar-refractivity contribution in [3.05, 3.63) is 38.9 Å². The third-order valence-electron chi connectivity index (χ3n) is 2.77. The molecule has 7 heteroatoms. The van der Waals surface area contributed by atoms with Crippen molar-refractivity contribution in [2.24, 2.45) is 5.92 Å². The van der Waals surface area contributed by atoms with Gasteiger partial charge in [-0.3, -0.25) is 14.9 Å². The first-order chi connectivity index (χ1) is 9.40. The van der Waals surface area contributed by atoms with Crippen molar-refractivity contribution in [2.45, 2.75) is 13.8 Å². The number of hydrogen-bond acceptors (Lipinski definition) is 4. The minimum absolute atomic E-state index is 0.0139. The first-order valence-electron chi connectivity index (χ1n) is 6.03. The number of amides is 1. The molecule has 0 bridgehead atoms. The van der Waals surface area contributed by atoms with Crippen LogP contribution >= 0.6 is 11.6 Å². The fraction of sp³-hybridized carbons (Fsp3) is 0.385. The number of nitro groups is 1. The van der Waals surface area contributed by atoms with Gasteiger partial charge < -0.3 is 4.90 Å². The molecule has 0 saturated carbocycles. The Labute approximate surface area is 121 Å². The number of halogens is 1. The molecule has 0 heterocycles. The lowest BCUT2D eigenvalue weighted by Gasteiger charge is -2.22. The summed E-state index contributed by atoms with van der Waals surface area (Å²) < 4.78 is 0. The van der Waals surface area contributed by atoms with Gasteiger partial charge in [-0.25, -0.2) is 0 Å². The summed E-state index contributed by atoms with van der Waals surface area (Å²) in [6.45, 7) is 4.19. The Hall–Kier alpha value is -2.13. The van der Waals surface area contributed by atoms with Gasteiger partial charge in [-0.15, -0.1) is 0 Å². The highest BCUT2D eigenvalue weighted by molar-refractivity contribution is 6.32. The average molecular weight is 296 g/mol. The van der Waals surface area contributed by atoms with E-state index >= 15 is 0 Å². The van der Waals surface area contributed by atoms with Crippen LogP contribution in [0.3, 0.4) is 0 Å². The van der Waals surface area contributed by atoms with Gasteiger partial charge in [0.15, 0.2) is 0 Å². The van der Waals surface area contributed by atoms with Gasteiger partial charge in [-0.1, -0.05) is 11.6 Å². The first kappa shape index (κ1) is 15.9. The minimum Gasteiger partial charge on any atom is -0.338 e. The largest absolute Gasteiger partial charge is 0.338 e. The lowest BCUT2D eigenvalue weighted by Crippen LogP contribution is -2.34. The Balaban J connectivity index is 3.04. The summed E-state index contributed by atoms with van der Waals surface area (Å²) in [4.78, 5) is 23.9. The molecule has 0 saturated heterocycles. The summed E-state index contributed by atoms with van der Waals surface area (Å²) in [5, 5.41) is 19.6. The van der Waals surface area contributed by atoms with Crippen LogP contribution in [-0.4, -0.2) is 28.8 Å². The van der Waals surface area contributed by atoms with Crippen LogP contribution < -0.4 is 0 Å². The lowest BCUT2D eigenvalue weighted by atomic mass is 10.1. The van der Waals surface area contributed by atoms with Crippen molar-refractivity contribution in [1.29, 1.82) is 5.26 Å². The second kappa shape index (κ2) is 6.87. The standard InChI is InChI=1S/C13H14ClN3O3/c1-3-16(8-9(2)7-15)13(18)10-4-5-11(14)12(6-10)17(19)20/h4-6,9H,3,8H2,1-2H3. The smallest absolute Gasteiger partial charge is 0.288 e. The zero-order chi connectivity index (χ0) is 15.3. The quantitative estimate of drug-likeness (QED) is 0.617. The van der Waals surface area contributed by atoms with E-state index in [1.165, 1.54) is 17.0 Å². The molecule has 1 amide bonds. The fourth-order valence-corrected chi connectivity index (χ4v) is 1.88. The number of nitro benzene ring substituents is 1. The molecule has 1 aromatic carbocycles. The minimum atomic E-state index is -0.632. The van der Waals surface area contributed by atoms with Gasteiger partial charge in [0.25, 0.3) is 11.6 Å². The Morgan fingerprint density at radius 2 is 2.25 bits per heavy atom. The number of carbonyl (C=O) groups is 1. The van der Waals surface area contributed by atoms with E-state index in [4.69, 9.17) is 16.9 Å². The Bertz CT molecular complexity index is 568. The van der Waals surface area contributed by atoms with Gasteiger partial charge in [0.1, 0.15) is 5.02 Å². The fourth-order valence-electron chi connectivity index (χ4n) is 1.70. The number of nitrogens with zero attached hydrogens (tertiary/aromatic N) is 3. The molecule has 0 radical (unpaired) electrons. The van der Waals surface area contributed by atoms with E-state index in [1.807, 2.05) is 0 Å². The molecular weight excluding hydrogens is 282 g/mol. The van der Waals surface area contributed by atoms with Crippen molar-refractivity contribution >= 4 is 23.2 Å². The van der Waals surface area contributed by atoms with Crippen LogP contribution in [0.2, 0.25) is 5.02 Å². The summed E-state index contributed by atoms with van der Waals surface area (Å²) in [5.74, 6) is -0.657. The highest BCUT2D eigenvalue weighted by Gasteiger charge is 2.20. The lowest BCUT2D eigenvalue weighted by molar-refractivity contribution is -0.384. The maximum Gasteiger partial charge on any atom is 0.288 e. The zero-order valence-corrected chi connectivity index (χ0v) is 11.9. The topological polar surface area (TPSA) is 87.2 Å². The van der Waals surface area contributed by atoms with E-state index in [2.05, 4.69) is 6.07 Å². The van der Waals surface area contributed by atoms with Crippen molar-refractivity contribution in [3.8, 4) is 6.07 Å². The zero-order valence-electron chi connectivity index (χ0n) is 11.2. The molecule has 0 aromatic heterocycles. The Morgan fingerprint density at radius 1 is 1.60 bits per heavy atom. The molecule has 0 aliphatic carbocycles. The first-order valence-corrected chi connectivity index (χ1v) is 6.41. The van der Waals surface area contributed by atoms with Gasteiger partial charge in [0, 0.05) is 24.7 Å². The summed E-state index contributed by atoms with van der Waals surface area (Å²) in [7, 11) is 0. The molecular formula is C13H14ClN3O3. The molecule has 0 N–H and O–H groups in total. The third kappa shape index (κ3) is 3.68. The number of nitriles is 1. The van der Waals surface area contributed by atoms with Gasteiger partial charge in [0.05, 0.1) is 16.9 Å². The van der Waals surface area contributed by atoms with Crippen LogP contribution in [0, 0.1) is 27.4 Å². The van der Waals surface area contributed by atoms with Crippen LogP contribution in [0.4, 0.5) is 5.69 Å².